The molecule has 0 fully saturated rings. The average molecular weight is 286 g/mol. The Labute approximate surface area is 121 Å². The molecule has 0 radical (unpaired) electrons. The maximum atomic E-state index is 11.5. The summed E-state index contributed by atoms with van der Waals surface area (Å²) in [6.07, 6.45) is 0. The number of benzene rings is 1. The molecule has 0 N–H and O–H groups in total. The first-order valence-electron chi connectivity index (χ1n) is 6.30. The maximum absolute atomic E-state index is 11.5. The molecule has 2 rings (SSSR count). The summed E-state index contributed by atoms with van der Waals surface area (Å²) in [5.74, 6) is 0.810. The van der Waals surface area contributed by atoms with Crippen LogP contribution in [0.3, 0.4) is 0 Å². The largest absolute Gasteiger partial charge is 0.489 e. The summed E-state index contributed by atoms with van der Waals surface area (Å²) in [7, 11) is 0. The van der Waals surface area contributed by atoms with E-state index in [9.17, 15) is 4.79 Å². The van der Waals surface area contributed by atoms with Crippen molar-refractivity contribution < 1.29 is 18.8 Å². The zero-order valence-electron chi connectivity index (χ0n) is 11.8. The minimum Gasteiger partial charge on any atom is -0.489 e. The number of aromatic nitrogens is 1. The van der Waals surface area contributed by atoms with Crippen LogP contribution in [0.4, 0.5) is 0 Å². The Morgan fingerprint density at radius 2 is 2.05 bits per heavy atom. The summed E-state index contributed by atoms with van der Waals surface area (Å²) in [4.78, 5) is 11.5. The Balaban J connectivity index is 1.97. The second-order valence-electron chi connectivity index (χ2n) is 4.35. The minimum atomic E-state index is -0.533. The van der Waals surface area contributed by atoms with E-state index < -0.39 is 5.97 Å². The van der Waals surface area contributed by atoms with Crippen molar-refractivity contribution in [2.45, 2.75) is 20.5 Å². The first kappa shape index (κ1) is 14.6. The highest BCUT2D eigenvalue weighted by Gasteiger charge is 2.10. The van der Waals surface area contributed by atoms with Gasteiger partial charge in [0.05, 0.1) is 16.8 Å². The van der Waals surface area contributed by atoms with Crippen molar-refractivity contribution in [1.29, 1.82) is 5.26 Å². The van der Waals surface area contributed by atoms with Crippen molar-refractivity contribution in [3.63, 3.8) is 0 Å². The van der Waals surface area contributed by atoms with Crippen molar-refractivity contribution in [1.82, 2.24) is 5.16 Å². The van der Waals surface area contributed by atoms with Crippen LogP contribution in [0.25, 0.3) is 0 Å². The number of aryl methyl sites for hydroxylation is 2. The molecule has 6 nitrogen and oxygen atoms in total. The van der Waals surface area contributed by atoms with E-state index in [0.717, 1.165) is 17.0 Å². The number of carbonyl (C=O) groups is 1. The van der Waals surface area contributed by atoms with Crippen LogP contribution in [0.1, 0.15) is 27.4 Å². The number of hydrogen-bond donors (Lipinski definition) is 0. The van der Waals surface area contributed by atoms with Crippen LogP contribution in [-0.2, 0) is 11.3 Å². The summed E-state index contributed by atoms with van der Waals surface area (Å²) >= 11 is 0. The van der Waals surface area contributed by atoms with E-state index in [4.69, 9.17) is 19.3 Å². The lowest BCUT2D eigenvalue weighted by atomic mass is 10.2. The van der Waals surface area contributed by atoms with Crippen LogP contribution in [0.5, 0.6) is 5.75 Å². The third-order valence-electron chi connectivity index (χ3n) is 2.92. The van der Waals surface area contributed by atoms with E-state index in [2.05, 4.69) is 5.16 Å². The molecule has 1 aromatic heterocycles. The van der Waals surface area contributed by atoms with Gasteiger partial charge in [0.25, 0.3) is 0 Å². The second-order valence-corrected chi connectivity index (χ2v) is 4.35. The van der Waals surface area contributed by atoms with Crippen molar-refractivity contribution in [2.75, 3.05) is 6.61 Å². The van der Waals surface area contributed by atoms with Crippen LogP contribution < -0.4 is 4.74 Å². The normalized spacial score (nSPS) is 9.95. The molecule has 108 valence electrons. The van der Waals surface area contributed by atoms with Gasteiger partial charge < -0.3 is 14.0 Å². The molecule has 6 heteroatoms. The van der Waals surface area contributed by atoms with E-state index in [1.807, 2.05) is 13.8 Å². The van der Waals surface area contributed by atoms with E-state index in [1.165, 1.54) is 0 Å². The van der Waals surface area contributed by atoms with E-state index >= 15 is 0 Å². The molecule has 0 amide bonds. The fourth-order valence-electron chi connectivity index (χ4n) is 1.73. The van der Waals surface area contributed by atoms with Crippen LogP contribution in [0.15, 0.2) is 28.8 Å². The molecular formula is C15H14N2O4. The number of nitrogens with zero attached hydrogens (tertiary/aromatic N) is 2. The van der Waals surface area contributed by atoms with Gasteiger partial charge in [-0.1, -0.05) is 5.16 Å². The summed E-state index contributed by atoms with van der Waals surface area (Å²) < 4.78 is 15.4. The molecule has 0 aliphatic heterocycles. The van der Waals surface area contributed by atoms with Crippen LogP contribution in [-0.4, -0.2) is 17.7 Å². The fraction of sp³-hybridized carbons (Fsp3) is 0.267. The second kappa shape index (κ2) is 6.57. The van der Waals surface area contributed by atoms with E-state index in [-0.39, 0.29) is 6.61 Å². The Bertz CT molecular complexity index is 648. The number of hydrogen-bond acceptors (Lipinski definition) is 6. The Morgan fingerprint density at radius 3 is 2.62 bits per heavy atom. The highest BCUT2D eigenvalue weighted by Crippen LogP contribution is 2.18. The van der Waals surface area contributed by atoms with Crippen molar-refractivity contribution in [2.24, 2.45) is 0 Å². The monoisotopic (exact) mass is 286 g/mol. The highest BCUT2D eigenvalue weighted by atomic mass is 16.5. The molecule has 0 spiro atoms. The smallest absolute Gasteiger partial charge is 0.339 e. The number of esters is 1. The number of rotatable bonds is 5. The van der Waals surface area contributed by atoms with Gasteiger partial charge in [0.15, 0.2) is 6.61 Å². The van der Waals surface area contributed by atoms with Crippen molar-refractivity contribution in [3.8, 4) is 11.8 Å². The molecule has 0 unspecified atom stereocenters. The van der Waals surface area contributed by atoms with Gasteiger partial charge in [-0.2, -0.15) is 5.26 Å². The van der Waals surface area contributed by atoms with E-state index in [1.54, 1.807) is 30.3 Å². The zero-order chi connectivity index (χ0) is 15.2. The van der Waals surface area contributed by atoms with Gasteiger partial charge >= 0.3 is 5.97 Å². The van der Waals surface area contributed by atoms with E-state index in [0.29, 0.717) is 17.9 Å². The summed E-state index contributed by atoms with van der Waals surface area (Å²) in [6, 6.07) is 8.25. The van der Waals surface area contributed by atoms with Crippen molar-refractivity contribution in [3.05, 3.63) is 46.8 Å². The predicted molar refractivity (Wildman–Crippen MR) is 72.6 cm³/mol. The van der Waals surface area contributed by atoms with Crippen LogP contribution in [0.2, 0.25) is 0 Å². The lowest BCUT2D eigenvalue weighted by Gasteiger charge is -2.06. The molecule has 1 heterocycles. The molecule has 2 aromatic rings. The first-order chi connectivity index (χ1) is 10.1. The topological polar surface area (TPSA) is 85.3 Å². The molecular weight excluding hydrogens is 272 g/mol. The Hall–Kier alpha value is -2.81. The van der Waals surface area contributed by atoms with Gasteiger partial charge in [-0.25, -0.2) is 4.79 Å². The molecule has 0 aliphatic carbocycles. The van der Waals surface area contributed by atoms with Gasteiger partial charge in [0, 0.05) is 0 Å². The first-order valence-corrected chi connectivity index (χ1v) is 6.30. The Morgan fingerprint density at radius 1 is 1.33 bits per heavy atom. The molecule has 21 heavy (non-hydrogen) atoms. The third-order valence-corrected chi connectivity index (χ3v) is 2.92. The molecule has 0 bridgehead atoms. The number of ether oxygens (including phenoxy) is 2. The third kappa shape index (κ3) is 3.60. The summed E-state index contributed by atoms with van der Waals surface area (Å²) in [5, 5.41) is 12.2. The summed E-state index contributed by atoms with van der Waals surface area (Å²) in [6.45, 7) is 3.76. The highest BCUT2D eigenvalue weighted by molar-refractivity contribution is 5.89. The van der Waals surface area contributed by atoms with Gasteiger partial charge in [-0.15, -0.1) is 0 Å². The zero-order valence-corrected chi connectivity index (χ0v) is 11.8. The molecule has 0 atom stereocenters. The van der Waals surface area contributed by atoms with Crippen LogP contribution in [0, 0.1) is 25.2 Å². The number of carbonyl (C=O) groups excluding carboxylic acids is 1. The van der Waals surface area contributed by atoms with Crippen molar-refractivity contribution >= 4 is 5.97 Å². The predicted octanol–water partition coefficient (Wildman–Crippen LogP) is 2.55. The average Bonchev–Trinajstić information content (AvgIpc) is 2.82. The van der Waals surface area contributed by atoms with Gasteiger partial charge in [0.1, 0.15) is 24.2 Å². The molecule has 0 aliphatic rings. The summed E-state index contributed by atoms with van der Waals surface area (Å²) in [5.41, 5.74) is 2.08. The van der Waals surface area contributed by atoms with Gasteiger partial charge in [-0.05, 0) is 38.1 Å². The quantitative estimate of drug-likeness (QED) is 0.785. The van der Waals surface area contributed by atoms with Gasteiger partial charge in [-0.3, -0.25) is 0 Å². The SMILES string of the molecule is Cc1noc(C)c1COc1ccc(C(=O)OCC#N)cc1. The standard InChI is InChI=1S/C15H14N2O4/c1-10-14(11(2)21-17-10)9-20-13-5-3-12(4-6-13)15(18)19-8-7-16/h3-6H,8-9H2,1-2H3. The van der Waals surface area contributed by atoms with Gasteiger partial charge in [0.2, 0.25) is 0 Å². The number of nitriles is 1. The maximum Gasteiger partial charge on any atom is 0.339 e. The lowest BCUT2D eigenvalue weighted by Crippen LogP contribution is -2.05. The van der Waals surface area contributed by atoms with Crippen LogP contribution >= 0.6 is 0 Å². The fourth-order valence-corrected chi connectivity index (χ4v) is 1.73. The minimum absolute atomic E-state index is 0.261. The molecule has 0 saturated heterocycles. The molecule has 1 aromatic carbocycles. The molecule has 0 saturated carbocycles. The lowest BCUT2D eigenvalue weighted by molar-refractivity contribution is 0.0555. The Kier molecular flexibility index (Phi) is 4.57.